The number of hydrogen-bond acceptors (Lipinski definition) is 3. The van der Waals surface area contributed by atoms with Crippen LogP contribution in [0.15, 0.2) is 42.5 Å². The van der Waals surface area contributed by atoms with E-state index in [1.54, 1.807) is 18.0 Å². The molecular formula is C24H28N2O3. The highest BCUT2D eigenvalue weighted by molar-refractivity contribution is 6.04. The number of fused-ring (bicyclic) bond motifs is 1. The fourth-order valence-electron chi connectivity index (χ4n) is 4.28. The van der Waals surface area contributed by atoms with Gasteiger partial charge in [-0.25, -0.2) is 0 Å². The summed E-state index contributed by atoms with van der Waals surface area (Å²) in [5.74, 6) is -0.354. The molecule has 0 aliphatic heterocycles. The minimum absolute atomic E-state index is 0.00826. The van der Waals surface area contributed by atoms with Crippen LogP contribution < -0.4 is 4.90 Å². The Bertz CT molecular complexity index is 1120. The summed E-state index contributed by atoms with van der Waals surface area (Å²) in [7, 11) is 3.88. The summed E-state index contributed by atoms with van der Waals surface area (Å²) in [6.45, 7) is 6.59. The summed E-state index contributed by atoms with van der Waals surface area (Å²) in [5.41, 5.74) is 3.40. The number of aromatic hydroxyl groups is 2. The molecule has 4 rings (SSSR count). The zero-order valence-corrected chi connectivity index (χ0v) is 17.7. The first-order valence-corrected chi connectivity index (χ1v) is 9.95. The number of phenols is 2. The van der Waals surface area contributed by atoms with Crippen LogP contribution in [-0.4, -0.2) is 27.7 Å². The summed E-state index contributed by atoms with van der Waals surface area (Å²) in [5, 5.41) is 20.6. The zero-order valence-electron chi connectivity index (χ0n) is 17.7. The van der Waals surface area contributed by atoms with E-state index in [0.717, 1.165) is 35.0 Å². The van der Waals surface area contributed by atoms with Gasteiger partial charge in [0.1, 0.15) is 0 Å². The summed E-state index contributed by atoms with van der Waals surface area (Å²) in [4.78, 5) is 15.1. The largest absolute Gasteiger partial charge is 0.504 e. The van der Waals surface area contributed by atoms with Gasteiger partial charge in [-0.1, -0.05) is 26.8 Å². The maximum atomic E-state index is 13.4. The van der Waals surface area contributed by atoms with E-state index in [0.29, 0.717) is 0 Å². The number of benzene rings is 2. The van der Waals surface area contributed by atoms with Crippen molar-refractivity contribution in [2.45, 2.75) is 44.4 Å². The second-order valence-corrected chi connectivity index (χ2v) is 9.23. The van der Waals surface area contributed by atoms with Gasteiger partial charge in [-0.3, -0.25) is 4.79 Å². The van der Waals surface area contributed by atoms with Crippen LogP contribution >= 0.6 is 0 Å². The molecule has 1 amide bonds. The number of likely N-dealkylation sites (N-methyl/N-ethyl adjacent to an activating group) is 1. The number of nitrogens with zero attached hydrogens (tertiary/aromatic N) is 2. The normalized spacial score (nSPS) is 15.5. The smallest absolute Gasteiger partial charge is 0.237 e. The van der Waals surface area contributed by atoms with Crippen LogP contribution in [0.1, 0.15) is 44.9 Å². The van der Waals surface area contributed by atoms with Gasteiger partial charge in [0.2, 0.25) is 5.91 Å². The molecule has 2 aromatic carbocycles. The number of anilines is 1. The Morgan fingerprint density at radius 1 is 1.03 bits per heavy atom. The van der Waals surface area contributed by atoms with E-state index < -0.39 is 5.41 Å². The topological polar surface area (TPSA) is 65.7 Å². The lowest BCUT2D eigenvalue weighted by Crippen LogP contribution is -2.36. The van der Waals surface area contributed by atoms with E-state index in [9.17, 15) is 15.0 Å². The van der Waals surface area contributed by atoms with Crippen molar-refractivity contribution in [2.75, 3.05) is 11.9 Å². The molecule has 0 unspecified atom stereocenters. The quantitative estimate of drug-likeness (QED) is 0.641. The molecule has 0 radical (unpaired) electrons. The van der Waals surface area contributed by atoms with Crippen molar-refractivity contribution in [1.82, 2.24) is 4.57 Å². The Balaban J connectivity index is 1.68. The predicted octanol–water partition coefficient (Wildman–Crippen LogP) is 4.58. The molecule has 1 aliphatic carbocycles. The van der Waals surface area contributed by atoms with Gasteiger partial charge in [-0.15, -0.1) is 0 Å². The monoisotopic (exact) mass is 392 g/mol. The van der Waals surface area contributed by atoms with Crippen LogP contribution in [0.5, 0.6) is 11.5 Å². The van der Waals surface area contributed by atoms with Crippen LogP contribution in [0.25, 0.3) is 10.9 Å². The van der Waals surface area contributed by atoms with Gasteiger partial charge in [-0.2, -0.15) is 0 Å². The Morgan fingerprint density at radius 2 is 1.72 bits per heavy atom. The van der Waals surface area contributed by atoms with Crippen LogP contribution in [-0.2, 0) is 22.7 Å². The van der Waals surface area contributed by atoms with E-state index in [-0.39, 0.29) is 22.8 Å². The predicted molar refractivity (Wildman–Crippen MR) is 116 cm³/mol. The highest BCUT2D eigenvalue weighted by Crippen LogP contribution is 2.51. The van der Waals surface area contributed by atoms with Crippen LogP contribution in [0.3, 0.4) is 0 Å². The highest BCUT2D eigenvalue weighted by atomic mass is 16.3. The molecular weight excluding hydrogens is 364 g/mol. The number of amides is 1. The average molecular weight is 392 g/mol. The number of carbonyl (C=O) groups excluding carboxylic acids is 1. The molecule has 5 nitrogen and oxygen atoms in total. The van der Waals surface area contributed by atoms with E-state index >= 15 is 0 Å². The Kier molecular flexibility index (Phi) is 4.19. The number of phenolic OH excluding ortho intramolecular Hbond substituents is 2. The van der Waals surface area contributed by atoms with Gasteiger partial charge in [0, 0.05) is 41.8 Å². The van der Waals surface area contributed by atoms with Crippen molar-refractivity contribution in [3.63, 3.8) is 0 Å². The molecule has 3 aromatic rings. The summed E-state index contributed by atoms with van der Waals surface area (Å²) in [6.07, 6.45) is 1.48. The maximum absolute atomic E-state index is 13.4. The van der Waals surface area contributed by atoms with Crippen LogP contribution in [0.4, 0.5) is 5.69 Å². The van der Waals surface area contributed by atoms with Crippen molar-refractivity contribution >= 4 is 22.5 Å². The van der Waals surface area contributed by atoms with Crippen molar-refractivity contribution in [1.29, 1.82) is 0 Å². The van der Waals surface area contributed by atoms with Gasteiger partial charge in [0.15, 0.2) is 11.5 Å². The van der Waals surface area contributed by atoms with Gasteiger partial charge in [0.25, 0.3) is 0 Å². The molecule has 29 heavy (non-hydrogen) atoms. The second-order valence-electron chi connectivity index (χ2n) is 9.23. The van der Waals surface area contributed by atoms with E-state index in [4.69, 9.17) is 0 Å². The summed E-state index contributed by atoms with van der Waals surface area (Å²) < 4.78 is 2.21. The molecule has 1 fully saturated rings. The number of hydrogen-bond donors (Lipinski definition) is 2. The van der Waals surface area contributed by atoms with Crippen molar-refractivity contribution in [3.05, 3.63) is 53.7 Å². The Hall–Kier alpha value is -2.95. The first-order chi connectivity index (χ1) is 13.5. The summed E-state index contributed by atoms with van der Waals surface area (Å²) in [6, 6.07) is 13.0. The molecule has 1 aromatic heterocycles. The standard InChI is InChI=1S/C24H28N2O3/c1-23(2,3)21-13-15-12-17(7-8-18(15)26(21)5)25(4)22(29)24(10-11-24)16-6-9-19(27)20(28)14-16/h6-9,12-14,27-28H,10-11H2,1-5H3. The first-order valence-electron chi connectivity index (χ1n) is 9.95. The Morgan fingerprint density at radius 3 is 2.31 bits per heavy atom. The van der Waals surface area contributed by atoms with Gasteiger partial charge in [-0.05, 0) is 54.8 Å². The third-order valence-electron chi connectivity index (χ3n) is 6.17. The zero-order chi connectivity index (χ0) is 21.1. The van der Waals surface area contributed by atoms with E-state index in [1.807, 2.05) is 6.07 Å². The van der Waals surface area contributed by atoms with Gasteiger partial charge < -0.3 is 19.7 Å². The van der Waals surface area contributed by atoms with Crippen molar-refractivity contribution in [2.24, 2.45) is 7.05 Å². The molecule has 0 saturated heterocycles. The van der Waals surface area contributed by atoms with Crippen LogP contribution in [0, 0.1) is 0 Å². The average Bonchev–Trinajstić information content (AvgIpc) is 3.40. The van der Waals surface area contributed by atoms with E-state index in [2.05, 4.69) is 50.6 Å². The molecule has 0 atom stereocenters. The molecule has 152 valence electrons. The Labute approximate surface area is 171 Å². The van der Waals surface area contributed by atoms with Gasteiger partial charge in [0.05, 0.1) is 5.41 Å². The lowest BCUT2D eigenvalue weighted by Gasteiger charge is -2.24. The minimum atomic E-state index is -0.623. The highest BCUT2D eigenvalue weighted by Gasteiger charge is 2.53. The molecule has 1 saturated carbocycles. The third-order valence-corrected chi connectivity index (χ3v) is 6.17. The molecule has 1 aliphatic rings. The van der Waals surface area contributed by atoms with E-state index in [1.165, 1.54) is 17.8 Å². The SMILES string of the molecule is CN(C(=O)C1(c2ccc(O)c(O)c2)CC1)c1ccc2c(c1)cc(C(C)(C)C)n2C. The molecule has 0 spiro atoms. The maximum Gasteiger partial charge on any atom is 0.237 e. The number of carbonyl (C=O) groups is 1. The van der Waals surface area contributed by atoms with Crippen LogP contribution in [0.2, 0.25) is 0 Å². The second kappa shape index (κ2) is 6.28. The molecule has 1 heterocycles. The number of aryl methyl sites for hydroxylation is 1. The molecule has 0 bridgehead atoms. The lowest BCUT2D eigenvalue weighted by molar-refractivity contribution is -0.120. The minimum Gasteiger partial charge on any atom is -0.504 e. The molecule has 5 heteroatoms. The summed E-state index contributed by atoms with van der Waals surface area (Å²) >= 11 is 0. The lowest BCUT2D eigenvalue weighted by atomic mass is 9.92. The third kappa shape index (κ3) is 3.05. The number of rotatable bonds is 3. The first kappa shape index (κ1) is 19.4. The fourth-order valence-corrected chi connectivity index (χ4v) is 4.28. The van der Waals surface area contributed by atoms with Gasteiger partial charge >= 0.3 is 0 Å². The van der Waals surface area contributed by atoms with Crippen molar-refractivity contribution in [3.8, 4) is 11.5 Å². The number of aromatic nitrogens is 1. The molecule has 2 N–H and O–H groups in total. The fraction of sp³-hybridized carbons (Fsp3) is 0.375. The van der Waals surface area contributed by atoms with Crippen molar-refractivity contribution < 1.29 is 15.0 Å².